The van der Waals surface area contributed by atoms with E-state index >= 15 is 0 Å². The Morgan fingerprint density at radius 2 is 1.59 bits per heavy atom. The molecule has 0 fully saturated rings. The maximum Gasteiger partial charge on any atom is 0.242 e. The molecule has 2 N–H and O–H groups in total. The van der Waals surface area contributed by atoms with Gasteiger partial charge in [0, 0.05) is 21.5 Å². The summed E-state index contributed by atoms with van der Waals surface area (Å²) in [5.74, 6) is 0. The predicted octanol–water partition coefficient (Wildman–Crippen LogP) is 6.41. The maximum atomic E-state index is 13.2. The highest BCUT2D eigenvalue weighted by Crippen LogP contribution is 2.34. The summed E-state index contributed by atoms with van der Waals surface area (Å²) >= 11 is 24.6. The Labute approximate surface area is 206 Å². The molecule has 0 aliphatic carbocycles. The molecule has 0 saturated heterocycles. The van der Waals surface area contributed by atoms with Crippen molar-refractivity contribution >= 4 is 62.1 Å². The average Bonchev–Trinajstić information content (AvgIpc) is 3.23. The minimum atomic E-state index is -3.99. The first kappa shape index (κ1) is 23.4. The number of nitrogens with zero attached hydrogens (tertiary/aromatic N) is 1. The van der Waals surface area contributed by atoms with Crippen molar-refractivity contribution in [1.82, 2.24) is 10.1 Å². The fraction of sp³-hybridized carbons (Fsp3) is 0.136. The van der Waals surface area contributed by atoms with Crippen molar-refractivity contribution in [3.05, 3.63) is 97.9 Å². The van der Waals surface area contributed by atoms with Crippen LogP contribution in [0.3, 0.4) is 0 Å². The fourth-order valence-corrected chi connectivity index (χ4v) is 5.83. The topological polar surface area (TPSA) is 70.6 Å². The highest BCUT2D eigenvalue weighted by Gasteiger charge is 2.32. The number of halogens is 4. The molecule has 0 amide bonds. The van der Waals surface area contributed by atoms with Gasteiger partial charge < -0.3 is 5.43 Å². The van der Waals surface area contributed by atoms with Gasteiger partial charge in [0.05, 0.1) is 22.8 Å². The van der Waals surface area contributed by atoms with Gasteiger partial charge in [-0.15, -0.1) is 0 Å². The zero-order valence-electron chi connectivity index (χ0n) is 16.4. The molecule has 10 heteroatoms. The molecule has 2 atom stereocenters. The van der Waals surface area contributed by atoms with Crippen LogP contribution in [0.4, 0.5) is 0 Å². The lowest BCUT2D eigenvalue weighted by Gasteiger charge is -2.21. The van der Waals surface area contributed by atoms with Crippen molar-refractivity contribution in [2.45, 2.75) is 23.4 Å². The molecular formula is C22H17Cl4N3O2S. The Kier molecular flexibility index (Phi) is 7.00. The van der Waals surface area contributed by atoms with E-state index in [4.69, 9.17) is 46.4 Å². The van der Waals surface area contributed by atoms with E-state index in [0.29, 0.717) is 32.8 Å². The van der Waals surface area contributed by atoms with Crippen molar-refractivity contribution < 1.29 is 8.42 Å². The molecule has 0 aromatic heterocycles. The third-order valence-electron chi connectivity index (χ3n) is 5.06. The number of rotatable bonds is 6. The zero-order chi connectivity index (χ0) is 22.9. The lowest BCUT2D eigenvalue weighted by molar-refractivity contribution is 0.576. The van der Waals surface area contributed by atoms with E-state index in [1.165, 1.54) is 12.1 Å². The summed E-state index contributed by atoms with van der Waals surface area (Å²) in [7, 11) is -3.99. The molecule has 1 aliphatic heterocycles. The number of hydrogen-bond donors (Lipinski definition) is 2. The second-order valence-electron chi connectivity index (χ2n) is 7.19. The molecule has 166 valence electrons. The summed E-state index contributed by atoms with van der Waals surface area (Å²) in [6, 6.07) is 17.6. The van der Waals surface area contributed by atoms with E-state index in [0.717, 1.165) is 5.56 Å². The van der Waals surface area contributed by atoms with Gasteiger partial charge in [-0.3, -0.25) is 0 Å². The van der Waals surface area contributed by atoms with Gasteiger partial charge in [0.1, 0.15) is 4.90 Å². The molecule has 0 radical (unpaired) electrons. The van der Waals surface area contributed by atoms with Crippen LogP contribution in [0.15, 0.2) is 76.7 Å². The third kappa shape index (κ3) is 5.06. The molecule has 32 heavy (non-hydrogen) atoms. The Morgan fingerprint density at radius 3 is 2.28 bits per heavy atom. The van der Waals surface area contributed by atoms with Crippen molar-refractivity contribution in [3.8, 4) is 0 Å². The molecule has 3 aromatic rings. The lowest BCUT2D eigenvalue weighted by atomic mass is 9.96. The van der Waals surface area contributed by atoms with E-state index in [9.17, 15) is 8.42 Å². The molecule has 4 rings (SSSR count). The number of benzene rings is 3. The van der Waals surface area contributed by atoms with Gasteiger partial charge in [0.25, 0.3) is 0 Å². The summed E-state index contributed by atoms with van der Waals surface area (Å²) in [6.45, 7) is 0. The van der Waals surface area contributed by atoms with E-state index < -0.39 is 16.1 Å². The molecule has 5 nitrogen and oxygen atoms in total. The monoisotopic (exact) mass is 527 g/mol. The fourth-order valence-electron chi connectivity index (χ4n) is 3.46. The summed E-state index contributed by atoms with van der Waals surface area (Å²) in [5.41, 5.74) is 5.16. The second-order valence-corrected chi connectivity index (χ2v) is 10.6. The normalized spacial score (nSPS) is 17.0. The first-order valence-corrected chi connectivity index (χ1v) is 12.5. The van der Waals surface area contributed by atoms with Crippen LogP contribution in [0.25, 0.3) is 0 Å². The van der Waals surface area contributed by atoms with Gasteiger partial charge in [0.15, 0.2) is 0 Å². The van der Waals surface area contributed by atoms with Crippen molar-refractivity contribution in [3.63, 3.8) is 0 Å². The zero-order valence-corrected chi connectivity index (χ0v) is 20.2. The van der Waals surface area contributed by atoms with Crippen LogP contribution in [-0.4, -0.2) is 14.1 Å². The Balaban J connectivity index is 1.69. The summed E-state index contributed by atoms with van der Waals surface area (Å²) < 4.78 is 29.1. The molecule has 1 aliphatic rings. The van der Waals surface area contributed by atoms with Gasteiger partial charge in [-0.1, -0.05) is 76.7 Å². The van der Waals surface area contributed by atoms with Crippen LogP contribution < -0.4 is 10.1 Å². The van der Waals surface area contributed by atoms with Crippen LogP contribution in [0.2, 0.25) is 20.1 Å². The van der Waals surface area contributed by atoms with Crippen molar-refractivity contribution in [1.29, 1.82) is 0 Å². The number of hydrazone groups is 1. The van der Waals surface area contributed by atoms with Crippen molar-refractivity contribution in [2.75, 3.05) is 0 Å². The van der Waals surface area contributed by atoms with E-state index in [2.05, 4.69) is 15.2 Å². The minimum absolute atomic E-state index is 0.0300. The largest absolute Gasteiger partial charge is 0.302 e. The van der Waals surface area contributed by atoms with Crippen LogP contribution in [0.5, 0.6) is 0 Å². The van der Waals surface area contributed by atoms with Crippen LogP contribution >= 0.6 is 46.4 Å². The van der Waals surface area contributed by atoms with E-state index in [1.807, 2.05) is 12.1 Å². The third-order valence-corrected chi connectivity index (χ3v) is 7.79. The summed E-state index contributed by atoms with van der Waals surface area (Å²) in [5, 5.41) is 5.95. The molecule has 2 unspecified atom stereocenters. The van der Waals surface area contributed by atoms with Gasteiger partial charge in [-0.25, -0.2) is 8.42 Å². The van der Waals surface area contributed by atoms with Gasteiger partial charge in [-0.05, 0) is 47.5 Å². The molecular weight excluding hydrogens is 512 g/mol. The highest BCUT2D eigenvalue weighted by molar-refractivity contribution is 7.89. The molecule has 0 bridgehead atoms. The first-order valence-electron chi connectivity index (χ1n) is 9.54. The van der Waals surface area contributed by atoms with Crippen LogP contribution in [0.1, 0.15) is 29.6 Å². The summed E-state index contributed by atoms with van der Waals surface area (Å²) in [6.07, 6.45) is 0.455. The number of hydrogen-bond acceptors (Lipinski definition) is 4. The van der Waals surface area contributed by atoms with Gasteiger partial charge in [0.2, 0.25) is 10.0 Å². The van der Waals surface area contributed by atoms with Crippen LogP contribution in [0, 0.1) is 0 Å². The van der Waals surface area contributed by atoms with Gasteiger partial charge >= 0.3 is 0 Å². The van der Waals surface area contributed by atoms with Crippen molar-refractivity contribution in [2.24, 2.45) is 5.10 Å². The molecule has 0 saturated carbocycles. The Hall–Kier alpha value is -1.80. The number of sulfonamides is 1. The van der Waals surface area contributed by atoms with E-state index in [1.54, 1.807) is 42.5 Å². The molecule has 3 aromatic carbocycles. The predicted molar refractivity (Wildman–Crippen MR) is 130 cm³/mol. The maximum absolute atomic E-state index is 13.2. The minimum Gasteiger partial charge on any atom is -0.302 e. The Bertz CT molecular complexity index is 1280. The lowest BCUT2D eigenvalue weighted by Crippen LogP contribution is -2.34. The highest BCUT2D eigenvalue weighted by atomic mass is 35.5. The molecule has 1 heterocycles. The quantitative estimate of drug-likeness (QED) is 0.388. The first-order chi connectivity index (χ1) is 15.2. The second kappa shape index (κ2) is 9.59. The smallest absolute Gasteiger partial charge is 0.242 e. The van der Waals surface area contributed by atoms with E-state index in [-0.39, 0.29) is 16.0 Å². The standard InChI is InChI=1S/C22H17Cl4N3O2S/c23-14-7-5-13(6-8-14)19-12-20(28-27-19)22(16-10-9-15(24)11-18(16)26)29-32(30,31)21-4-2-1-3-17(21)25/h1-11,19,22,27,29H,12H2. The average molecular weight is 529 g/mol. The Morgan fingerprint density at radius 1 is 0.906 bits per heavy atom. The molecule has 0 spiro atoms. The number of nitrogens with one attached hydrogen (secondary N) is 2. The van der Waals surface area contributed by atoms with Gasteiger partial charge in [-0.2, -0.15) is 9.82 Å². The summed E-state index contributed by atoms with van der Waals surface area (Å²) in [4.78, 5) is -0.0300. The SMILES string of the molecule is O=S(=O)(NC(C1=NNC(c2ccc(Cl)cc2)C1)c1ccc(Cl)cc1Cl)c1ccccc1Cl. The van der Waals surface area contributed by atoms with Crippen LogP contribution in [-0.2, 0) is 10.0 Å².